The first-order valence-corrected chi connectivity index (χ1v) is 8.59. The SMILES string of the molecule is C=CCc1cc(/C=N\NC(=O)c2ccc(Cl)cc2Cl)cc(OCC)c1O. The molecule has 0 saturated carbocycles. The van der Waals surface area contributed by atoms with Gasteiger partial charge < -0.3 is 9.84 Å². The van der Waals surface area contributed by atoms with E-state index >= 15 is 0 Å². The Balaban J connectivity index is 2.18. The standard InChI is InChI=1S/C19H18Cl2N2O3/c1-3-5-13-8-12(9-17(18(13)24)26-4-2)11-22-23-19(25)15-7-6-14(20)10-16(15)21/h3,6-11,24H,1,4-5H2,2H3,(H,23,25)/b22-11-. The predicted molar refractivity (Wildman–Crippen MR) is 105 cm³/mol. The molecule has 0 radical (unpaired) electrons. The van der Waals surface area contributed by atoms with E-state index in [0.717, 1.165) is 0 Å². The highest BCUT2D eigenvalue weighted by molar-refractivity contribution is 6.36. The van der Waals surface area contributed by atoms with Gasteiger partial charge in [-0.15, -0.1) is 6.58 Å². The third-order valence-electron chi connectivity index (χ3n) is 3.40. The molecule has 26 heavy (non-hydrogen) atoms. The second-order valence-corrected chi connectivity index (χ2v) is 6.12. The molecule has 0 aliphatic heterocycles. The Kier molecular flexibility index (Phi) is 7.06. The lowest BCUT2D eigenvalue weighted by Gasteiger charge is -2.10. The maximum absolute atomic E-state index is 12.1. The van der Waals surface area contributed by atoms with Crippen molar-refractivity contribution in [2.24, 2.45) is 5.10 Å². The van der Waals surface area contributed by atoms with Crippen LogP contribution in [0.3, 0.4) is 0 Å². The lowest BCUT2D eigenvalue weighted by Crippen LogP contribution is -2.18. The van der Waals surface area contributed by atoms with Gasteiger partial charge in [0.05, 0.1) is 23.4 Å². The van der Waals surface area contributed by atoms with Crippen LogP contribution < -0.4 is 10.2 Å². The lowest BCUT2D eigenvalue weighted by molar-refractivity contribution is 0.0955. The molecule has 0 aliphatic carbocycles. The van der Waals surface area contributed by atoms with E-state index in [4.69, 9.17) is 27.9 Å². The molecule has 136 valence electrons. The first-order valence-electron chi connectivity index (χ1n) is 7.84. The summed E-state index contributed by atoms with van der Waals surface area (Å²) in [5, 5.41) is 14.8. The summed E-state index contributed by atoms with van der Waals surface area (Å²) in [4.78, 5) is 12.1. The maximum atomic E-state index is 12.1. The Morgan fingerprint density at radius 2 is 2.12 bits per heavy atom. The maximum Gasteiger partial charge on any atom is 0.272 e. The van der Waals surface area contributed by atoms with Gasteiger partial charge in [0, 0.05) is 10.6 Å². The predicted octanol–water partition coefficient (Wildman–Crippen LogP) is 4.59. The number of nitrogens with one attached hydrogen (secondary N) is 1. The van der Waals surface area contributed by atoms with Gasteiger partial charge in [-0.1, -0.05) is 29.3 Å². The molecular formula is C19H18Cl2N2O3. The van der Waals surface area contributed by atoms with Crippen LogP contribution in [-0.4, -0.2) is 23.8 Å². The molecule has 2 aromatic rings. The van der Waals surface area contributed by atoms with Crippen molar-refractivity contribution in [2.75, 3.05) is 6.61 Å². The van der Waals surface area contributed by atoms with Crippen LogP contribution in [-0.2, 0) is 6.42 Å². The Hall–Kier alpha value is -2.50. The number of benzene rings is 2. The van der Waals surface area contributed by atoms with Gasteiger partial charge in [-0.3, -0.25) is 4.79 Å². The lowest BCUT2D eigenvalue weighted by atomic mass is 10.1. The monoisotopic (exact) mass is 392 g/mol. The summed E-state index contributed by atoms with van der Waals surface area (Å²) in [5.41, 5.74) is 3.98. The number of allylic oxidation sites excluding steroid dienone is 1. The Bertz CT molecular complexity index is 851. The molecule has 0 fully saturated rings. The van der Waals surface area contributed by atoms with Crippen molar-refractivity contribution < 1.29 is 14.6 Å². The molecule has 0 unspecified atom stereocenters. The van der Waals surface area contributed by atoms with Crippen LogP contribution in [0.2, 0.25) is 10.0 Å². The van der Waals surface area contributed by atoms with E-state index < -0.39 is 5.91 Å². The zero-order valence-corrected chi connectivity index (χ0v) is 15.6. The van der Waals surface area contributed by atoms with Crippen molar-refractivity contribution in [3.63, 3.8) is 0 Å². The second-order valence-electron chi connectivity index (χ2n) is 5.28. The second kappa shape index (κ2) is 9.27. The van der Waals surface area contributed by atoms with Gasteiger partial charge in [-0.2, -0.15) is 5.10 Å². The van der Waals surface area contributed by atoms with E-state index in [1.54, 1.807) is 24.3 Å². The Labute approximate surface area is 161 Å². The molecule has 2 N–H and O–H groups in total. The highest BCUT2D eigenvalue weighted by Gasteiger charge is 2.11. The van der Waals surface area contributed by atoms with Crippen molar-refractivity contribution in [1.82, 2.24) is 5.43 Å². The van der Waals surface area contributed by atoms with Crippen LogP contribution >= 0.6 is 23.2 Å². The normalized spacial score (nSPS) is 10.7. The molecule has 0 heterocycles. The summed E-state index contributed by atoms with van der Waals surface area (Å²) in [7, 11) is 0. The molecule has 2 rings (SSSR count). The number of nitrogens with zero attached hydrogens (tertiary/aromatic N) is 1. The molecule has 5 nitrogen and oxygen atoms in total. The minimum Gasteiger partial charge on any atom is -0.504 e. The average molecular weight is 393 g/mol. The van der Waals surface area contributed by atoms with E-state index in [0.29, 0.717) is 34.9 Å². The van der Waals surface area contributed by atoms with Crippen molar-refractivity contribution in [3.8, 4) is 11.5 Å². The molecule has 0 aromatic heterocycles. The van der Waals surface area contributed by atoms with Crippen LogP contribution in [0.1, 0.15) is 28.4 Å². The number of hydrogen-bond acceptors (Lipinski definition) is 4. The molecule has 0 spiro atoms. The van der Waals surface area contributed by atoms with E-state index in [2.05, 4.69) is 17.1 Å². The number of ether oxygens (including phenoxy) is 1. The van der Waals surface area contributed by atoms with Crippen LogP contribution in [0.25, 0.3) is 0 Å². The van der Waals surface area contributed by atoms with Crippen LogP contribution in [0.4, 0.5) is 0 Å². The number of carbonyl (C=O) groups is 1. The largest absolute Gasteiger partial charge is 0.504 e. The number of aromatic hydroxyl groups is 1. The van der Waals surface area contributed by atoms with Gasteiger partial charge in [0.2, 0.25) is 0 Å². The molecular weight excluding hydrogens is 375 g/mol. The van der Waals surface area contributed by atoms with Crippen molar-refractivity contribution in [3.05, 3.63) is 69.7 Å². The van der Waals surface area contributed by atoms with Gasteiger partial charge >= 0.3 is 0 Å². The van der Waals surface area contributed by atoms with Gasteiger partial charge in [-0.05, 0) is 49.2 Å². The Morgan fingerprint density at radius 1 is 1.35 bits per heavy atom. The molecule has 2 aromatic carbocycles. The van der Waals surface area contributed by atoms with E-state index in [1.807, 2.05) is 6.92 Å². The third-order valence-corrected chi connectivity index (χ3v) is 3.94. The number of carbonyl (C=O) groups excluding carboxylic acids is 1. The number of hydrogen-bond donors (Lipinski definition) is 2. The van der Waals surface area contributed by atoms with E-state index in [-0.39, 0.29) is 16.3 Å². The quantitative estimate of drug-likeness (QED) is 0.411. The van der Waals surface area contributed by atoms with Gasteiger partial charge in [0.25, 0.3) is 5.91 Å². The van der Waals surface area contributed by atoms with E-state index in [9.17, 15) is 9.90 Å². The fraction of sp³-hybridized carbons (Fsp3) is 0.158. The van der Waals surface area contributed by atoms with Crippen molar-refractivity contribution in [1.29, 1.82) is 0 Å². The molecule has 0 aliphatic rings. The molecule has 0 atom stereocenters. The number of halogens is 2. The van der Waals surface area contributed by atoms with Crippen molar-refractivity contribution >= 4 is 35.3 Å². The molecule has 1 amide bonds. The summed E-state index contributed by atoms with van der Waals surface area (Å²) < 4.78 is 5.42. The summed E-state index contributed by atoms with van der Waals surface area (Å²) >= 11 is 11.8. The first-order chi connectivity index (χ1) is 12.5. The minimum atomic E-state index is -0.460. The molecule has 7 heteroatoms. The molecule has 0 bridgehead atoms. The van der Waals surface area contributed by atoms with Crippen LogP contribution in [0, 0.1) is 0 Å². The fourth-order valence-corrected chi connectivity index (χ4v) is 2.73. The van der Waals surface area contributed by atoms with Gasteiger partial charge in [-0.25, -0.2) is 5.43 Å². The fourth-order valence-electron chi connectivity index (χ4n) is 2.24. The van der Waals surface area contributed by atoms with Gasteiger partial charge in [0.15, 0.2) is 11.5 Å². The minimum absolute atomic E-state index is 0.0703. The summed E-state index contributed by atoms with van der Waals surface area (Å²) in [5.74, 6) is -0.0423. The zero-order valence-electron chi connectivity index (χ0n) is 14.1. The zero-order chi connectivity index (χ0) is 19.1. The topological polar surface area (TPSA) is 70.9 Å². The smallest absolute Gasteiger partial charge is 0.272 e. The summed E-state index contributed by atoms with van der Waals surface area (Å²) in [6, 6.07) is 7.95. The number of amides is 1. The molecule has 0 saturated heterocycles. The Morgan fingerprint density at radius 3 is 2.77 bits per heavy atom. The van der Waals surface area contributed by atoms with E-state index in [1.165, 1.54) is 18.3 Å². The number of rotatable bonds is 7. The van der Waals surface area contributed by atoms with Gasteiger partial charge in [0.1, 0.15) is 0 Å². The van der Waals surface area contributed by atoms with Crippen LogP contribution in [0.5, 0.6) is 11.5 Å². The first kappa shape index (κ1) is 19.8. The van der Waals surface area contributed by atoms with Crippen molar-refractivity contribution in [2.45, 2.75) is 13.3 Å². The summed E-state index contributed by atoms with van der Waals surface area (Å²) in [6.45, 7) is 5.90. The highest BCUT2D eigenvalue weighted by atomic mass is 35.5. The number of hydrazone groups is 1. The highest BCUT2D eigenvalue weighted by Crippen LogP contribution is 2.32. The number of phenolic OH excluding ortho intramolecular Hbond substituents is 1. The average Bonchev–Trinajstić information content (AvgIpc) is 2.59. The third kappa shape index (κ3) is 5.00. The number of phenols is 1. The van der Waals surface area contributed by atoms with Crippen LogP contribution in [0.15, 0.2) is 48.1 Å². The summed E-state index contributed by atoms with van der Waals surface area (Å²) in [6.07, 6.45) is 3.60.